The van der Waals surface area contributed by atoms with E-state index in [1.165, 1.54) is 0 Å². The Hall–Kier alpha value is -1.86. The van der Waals surface area contributed by atoms with Crippen LogP contribution in [0.15, 0.2) is 28.8 Å². The van der Waals surface area contributed by atoms with E-state index >= 15 is 0 Å². The summed E-state index contributed by atoms with van der Waals surface area (Å²) in [4.78, 5) is 4.38. The van der Waals surface area contributed by atoms with E-state index in [1.54, 1.807) is 6.07 Å². The molecule has 1 aromatic heterocycles. The Morgan fingerprint density at radius 1 is 1.37 bits per heavy atom. The lowest BCUT2D eigenvalue weighted by Gasteiger charge is -1.96. The Morgan fingerprint density at radius 3 is 2.74 bits per heavy atom. The topological polar surface area (TPSA) is 62.7 Å². The Bertz CT molecular complexity index is 671. The first-order chi connectivity index (χ1) is 9.05. The van der Waals surface area contributed by atoms with Crippen LogP contribution < -0.4 is 0 Å². The van der Waals surface area contributed by atoms with Crippen molar-refractivity contribution in [2.24, 2.45) is 11.3 Å². The minimum absolute atomic E-state index is 0.0150. The fourth-order valence-electron chi connectivity index (χ4n) is 2.45. The van der Waals surface area contributed by atoms with Gasteiger partial charge < -0.3 is 4.52 Å². The molecule has 1 heterocycles. The van der Waals surface area contributed by atoms with Gasteiger partial charge in [0.25, 0.3) is 0 Å². The lowest BCUT2D eigenvalue weighted by atomic mass is 10.1. The van der Waals surface area contributed by atoms with E-state index in [0.717, 1.165) is 5.56 Å². The highest BCUT2D eigenvalue weighted by Crippen LogP contribution is 2.63. The van der Waals surface area contributed by atoms with Gasteiger partial charge in [-0.2, -0.15) is 10.2 Å². The molecule has 0 saturated heterocycles. The number of halogens is 1. The zero-order valence-electron chi connectivity index (χ0n) is 10.6. The van der Waals surface area contributed by atoms with Crippen molar-refractivity contribution in [2.75, 3.05) is 0 Å². The lowest BCUT2D eigenvalue weighted by Crippen LogP contribution is -1.90. The van der Waals surface area contributed by atoms with Gasteiger partial charge in [0, 0.05) is 5.56 Å². The Kier molecular flexibility index (Phi) is 2.61. The number of rotatable bonds is 2. The largest absolute Gasteiger partial charge is 0.339 e. The molecule has 1 fully saturated rings. The molecule has 0 radical (unpaired) electrons. The van der Waals surface area contributed by atoms with E-state index in [4.69, 9.17) is 21.4 Å². The SMILES string of the molecule is CC1(C)C(C#N)C1c1nc(-c2ccccc2Cl)no1. The molecule has 1 aromatic carbocycles. The summed E-state index contributed by atoms with van der Waals surface area (Å²) in [6, 6.07) is 9.63. The quantitative estimate of drug-likeness (QED) is 0.838. The van der Waals surface area contributed by atoms with E-state index in [2.05, 4.69) is 16.2 Å². The summed E-state index contributed by atoms with van der Waals surface area (Å²) in [6.45, 7) is 4.07. The number of benzene rings is 1. The summed E-state index contributed by atoms with van der Waals surface area (Å²) >= 11 is 6.10. The maximum Gasteiger partial charge on any atom is 0.232 e. The molecule has 0 aliphatic heterocycles. The predicted octanol–water partition coefficient (Wildman–Crippen LogP) is 3.65. The van der Waals surface area contributed by atoms with Crippen LogP contribution in [-0.2, 0) is 0 Å². The molecule has 4 nitrogen and oxygen atoms in total. The van der Waals surface area contributed by atoms with Crippen molar-refractivity contribution in [1.82, 2.24) is 10.1 Å². The molecule has 0 N–H and O–H groups in total. The van der Waals surface area contributed by atoms with Crippen LogP contribution >= 0.6 is 11.6 Å². The molecular weight excluding hydrogens is 262 g/mol. The van der Waals surface area contributed by atoms with Gasteiger partial charge in [-0.15, -0.1) is 0 Å². The normalized spacial score (nSPS) is 23.9. The predicted molar refractivity (Wildman–Crippen MR) is 70.4 cm³/mol. The van der Waals surface area contributed by atoms with Gasteiger partial charge in [0.15, 0.2) is 0 Å². The summed E-state index contributed by atoms with van der Waals surface area (Å²) in [5.74, 6) is 0.944. The molecule has 3 rings (SSSR count). The van der Waals surface area contributed by atoms with Crippen LogP contribution in [-0.4, -0.2) is 10.1 Å². The van der Waals surface area contributed by atoms with Crippen molar-refractivity contribution in [1.29, 1.82) is 5.26 Å². The smallest absolute Gasteiger partial charge is 0.232 e. The molecule has 0 spiro atoms. The van der Waals surface area contributed by atoms with Crippen LogP contribution in [0.25, 0.3) is 11.4 Å². The molecule has 0 amide bonds. The van der Waals surface area contributed by atoms with E-state index < -0.39 is 0 Å². The molecule has 0 bridgehead atoms. The fraction of sp³-hybridized carbons (Fsp3) is 0.357. The molecular formula is C14H12ClN3O. The summed E-state index contributed by atoms with van der Waals surface area (Å²) in [7, 11) is 0. The maximum absolute atomic E-state index is 9.08. The molecule has 1 saturated carbocycles. The van der Waals surface area contributed by atoms with Crippen molar-refractivity contribution in [3.8, 4) is 17.5 Å². The van der Waals surface area contributed by atoms with Crippen LogP contribution in [0.5, 0.6) is 0 Å². The van der Waals surface area contributed by atoms with Crippen molar-refractivity contribution in [2.45, 2.75) is 19.8 Å². The van der Waals surface area contributed by atoms with E-state index in [1.807, 2.05) is 32.0 Å². The third-order valence-corrected chi connectivity index (χ3v) is 4.12. The zero-order chi connectivity index (χ0) is 13.6. The van der Waals surface area contributed by atoms with Gasteiger partial charge >= 0.3 is 0 Å². The van der Waals surface area contributed by atoms with Crippen LogP contribution in [0.4, 0.5) is 0 Å². The van der Waals surface area contributed by atoms with Gasteiger partial charge in [-0.05, 0) is 17.5 Å². The summed E-state index contributed by atoms with van der Waals surface area (Å²) in [6.07, 6.45) is 0. The van der Waals surface area contributed by atoms with E-state index in [9.17, 15) is 0 Å². The second kappa shape index (κ2) is 4.07. The van der Waals surface area contributed by atoms with Crippen LogP contribution in [0.2, 0.25) is 5.02 Å². The van der Waals surface area contributed by atoms with Gasteiger partial charge in [-0.3, -0.25) is 0 Å². The minimum Gasteiger partial charge on any atom is -0.339 e. The van der Waals surface area contributed by atoms with Crippen LogP contribution in [0.3, 0.4) is 0 Å². The molecule has 2 aromatic rings. The number of hydrogen-bond donors (Lipinski definition) is 0. The highest BCUT2D eigenvalue weighted by atomic mass is 35.5. The third kappa shape index (κ3) is 1.82. The zero-order valence-corrected chi connectivity index (χ0v) is 11.3. The third-order valence-electron chi connectivity index (χ3n) is 3.79. The van der Waals surface area contributed by atoms with Gasteiger partial charge in [0.2, 0.25) is 11.7 Å². The average Bonchev–Trinajstić information content (AvgIpc) is 2.75. The van der Waals surface area contributed by atoms with Crippen LogP contribution in [0, 0.1) is 22.7 Å². The number of nitrogens with zero attached hydrogens (tertiary/aromatic N) is 3. The second-order valence-electron chi connectivity index (χ2n) is 5.34. The Morgan fingerprint density at radius 2 is 2.11 bits per heavy atom. The second-order valence-corrected chi connectivity index (χ2v) is 5.75. The van der Waals surface area contributed by atoms with E-state index in [-0.39, 0.29) is 17.3 Å². The standard InChI is InChI=1S/C14H12ClN3O/c1-14(2)9(7-16)11(14)13-17-12(18-19-13)8-5-3-4-6-10(8)15/h3-6,9,11H,1-2H3. The van der Waals surface area contributed by atoms with Crippen molar-refractivity contribution in [3.05, 3.63) is 35.2 Å². The fourth-order valence-corrected chi connectivity index (χ4v) is 2.67. The highest BCUT2D eigenvalue weighted by molar-refractivity contribution is 6.33. The highest BCUT2D eigenvalue weighted by Gasteiger charge is 2.62. The number of aromatic nitrogens is 2. The van der Waals surface area contributed by atoms with Gasteiger partial charge in [0.1, 0.15) is 0 Å². The minimum atomic E-state index is -0.0982. The summed E-state index contributed by atoms with van der Waals surface area (Å²) in [5.41, 5.74) is 0.644. The first kappa shape index (κ1) is 12.2. The van der Waals surface area contributed by atoms with Gasteiger partial charge in [-0.25, -0.2) is 0 Å². The average molecular weight is 274 g/mol. The van der Waals surface area contributed by atoms with Gasteiger partial charge in [-0.1, -0.05) is 42.7 Å². The maximum atomic E-state index is 9.08. The Balaban J connectivity index is 1.94. The molecule has 1 aliphatic carbocycles. The number of hydrogen-bond acceptors (Lipinski definition) is 4. The summed E-state index contributed by atoms with van der Waals surface area (Å²) in [5, 5.41) is 13.6. The molecule has 2 atom stereocenters. The van der Waals surface area contributed by atoms with Crippen molar-refractivity contribution < 1.29 is 4.52 Å². The lowest BCUT2D eigenvalue weighted by molar-refractivity contribution is 0.368. The molecule has 1 aliphatic rings. The first-order valence-corrected chi connectivity index (χ1v) is 6.41. The Labute approximate surface area is 116 Å². The van der Waals surface area contributed by atoms with Crippen molar-refractivity contribution >= 4 is 11.6 Å². The van der Waals surface area contributed by atoms with Gasteiger partial charge in [0.05, 0.1) is 22.9 Å². The van der Waals surface area contributed by atoms with E-state index in [0.29, 0.717) is 16.7 Å². The van der Waals surface area contributed by atoms with Crippen molar-refractivity contribution in [3.63, 3.8) is 0 Å². The summed E-state index contributed by atoms with van der Waals surface area (Å²) < 4.78 is 5.29. The van der Waals surface area contributed by atoms with Crippen LogP contribution in [0.1, 0.15) is 25.7 Å². The first-order valence-electron chi connectivity index (χ1n) is 6.04. The molecule has 2 unspecified atom stereocenters. The molecule has 96 valence electrons. The molecule has 5 heteroatoms. The monoisotopic (exact) mass is 273 g/mol. The number of nitriles is 1. The molecule has 19 heavy (non-hydrogen) atoms.